The molecule has 0 unspecified atom stereocenters. The van der Waals surface area contributed by atoms with Crippen molar-refractivity contribution in [2.45, 2.75) is 57.4 Å². The summed E-state index contributed by atoms with van der Waals surface area (Å²) in [6.07, 6.45) is 4.24. The average molecular weight is 917 g/mol. The summed E-state index contributed by atoms with van der Waals surface area (Å²) in [5, 5.41) is 0. The van der Waals surface area contributed by atoms with Gasteiger partial charge in [0.25, 0.3) is 0 Å². The van der Waals surface area contributed by atoms with Crippen LogP contribution in [-0.4, -0.2) is 149 Å². The van der Waals surface area contributed by atoms with Crippen LogP contribution in [0.2, 0.25) is 0 Å². The molecule has 0 spiro atoms. The molecule has 0 rings (SSSR count). The molecule has 20 nitrogen and oxygen atoms in total. The van der Waals surface area contributed by atoms with E-state index in [4.69, 9.17) is 18.9 Å². The predicted molar refractivity (Wildman–Crippen MR) is 246 cm³/mol. The van der Waals surface area contributed by atoms with E-state index in [1.165, 1.54) is 19.6 Å². The SMILES string of the molecule is C.C.C.C.C=C(C)C(=O)OCN(C)COC(=O)C(=C)C.C=C(C)C(=O)OCN(C)COC(=O)C(=C)C.C=CC(=O)OCN(C)COC(=O)C=C.C=CC(=O)OCN(C)COC(=O)C=C. The zero-order valence-corrected chi connectivity index (χ0v) is 35.9. The molecule has 0 bridgehead atoms. The first-order valence-corrected chi connectivity index (χ1v) is 17.1. The van der Waals surface area contributed by atoms with Gasteiger partial charge in [-0.15, -0.1) is 0 Å². The molecular weight excluding hydrogens is 840 g/mol. The number of carbonyl (C=O) groups excluding carboxylic acids is 8. The summed E-state index contributed by atoms with van der Waals surface area (Å²) < 4.78 is 38.0. The van der Waals surface area contributed by atoms with Gasteiger partial charge in [-0.05, 0) is 55.9 Å². The number of nitrogens with zero attached hydrogens (tertiary/aromatic N) is 4. The lowest BCUT2D eigenvalue weighted by Gasteiger charge is -2.16. The molecule has 0 N–H and O–H groups in total. The van der Waals surface area contributed by atoms with E-state index in [1.54, 1.807) is 55.9 Å². The lowest BCUT2D eigenvalue weighted by atomic mass is 10.4. The Morgan fingerprint density at radius 3 is 0.562 bits per heavy atom. The van der Waals surface area contributed by atoms with E-state index in [-0.39, 0.29) is 83.6 Å². The Hall–Kier alpha value is -6.48. The van der Waals surface area contributed by atoms with Gasteiger partial charge in [0.1, 0.15) is 53.8 Å². The molecule has 0 saturated carbocycles. The standard InChI is InChI=1S/2C11H17NO4.2C9H13NO4.4CH4/c2*1-8(2)10(13)15-6-12(5)7-16-11(14)9(3)4;2*1-4-8(11)13-6-10(3)7-14-9(12)5-2;;;;/h2*1,3,6-7H2,2,4-5H3;2*4-5H,1-2,6-7H2,3H3;4*1H4. The molecule has 64 heavy (non-hydrogen) atoms. The van der Waals surface area contributed by atoms with Crippen LogP contribution < -0.4 is 0 Å². The predicted octanol–water partition coefficient (Wildman–Crippen LogP) is 5.27. The fourth-order valence-corrected chi connectivity index (χ4v) is 2.25. The second-order valence-electron chi connectivity index (χ2n) is 12.0. The van der Waals surface area contributed by atoms with Crippen molar-refractivity contribution >= 4 is 47.8 Å². The Balaban J connectivity index is -0.000000107. The Morgan fingerprint density at radius 2 is 0.453 bits per heavy atom. The van der Waals surface area contributed by atoms with E-state index >= 15 is 0 Å². The van der Waals surface area contributed by atoms with Crippen LogP contribution in [0.1, 0.15) is 57.4 Å². The number of hydrogen-bond acceptors (Lipinski definition) is 20. The van der Waals surface area contributed by atoms with Crippen LogP contribution in [0.15, 0.2) is 99.2 Å². The van der Waals surface area contributed by atoms with Crippen molar-refractivity contribution < 1.29 is 76.3 Å². The zero-order valence-electron chi connectivity index (χ0n) is 35.9. The van der Waals surface area contributed by atoms with Crippen molar-refractivity contribution in [3.63, 3.8) is 0 Å². The Morgan fingerprint density at radius 1 is 0.328 bits per heavy atom. The fraction of sp³-hybridized carbons (Fsp3) is 0.455. The Labute approximate surface area is 381 Å². The van der Waals surface area contributed by atoms with Crippen LogP contribution in [0.25, 0.3) is 0 Å². The zero-order chi connectivity index (χ0) is 47.4. The van der Waals surface area contributed by atoms with Crippen molar-refractivity contribution in [3.8, 4) is 0 Å². The van der Waals surface area contributed by atoms with Crippen LogP contribution in [0.3, 0.4) is 0 Å². The fourth-order valence-electron chi connectivity index (χ4n) is 2.25. The first-order chi connectivity index (χ1) is 27.9. The molecule has 0 aliphatic rings. The molecule has 368 valence electrons. The third-order valence-corrected chi connectivity index (χ3v) is 5.43. The van der Waals surface area contributed by atoms with Gasteiger partial charge in [-0.3, -0.25) is 0 Å². The van der Waals surface area contributed by atoms with Gasteiger partial charge in [0.15, 0.2) is 0 Å². The highest BCUT2D eigenvalue weighted by Crippen LogP contribution is 1.98. The number of hydrogen-bond donors (Lipinski definition) is 0. The van der Waals surface area contributed by atoms with Gasteiger partial charge in [-0.25, -0.2) is 58.0 Å². The molecular formula is C44H76N4O16. The maximum absolute atomic E-state index is 11.0. The summed E-state index contributed by atoms with van der Waals surface area (Å²) in [6, 6.07) is 0. The number of esters is 8. The Bertz CT molecular complexity index is 1320. The highest BCUT2D eigenvalue weighted by molar-refractivity contribution is 5.88. The van der Waals surface area contributed by atoms with Crippen LogP contribution in [0, 0.1) is 0 Å². The number of carbonyl (C=O) groups is 8. The first kappa shape index (κ1) is 74.9. The molecule has 0 fully saturated rings. The minimum Gasteiger partial charge on any atom is -0.446 e. The molecule has 0 atom stereocenters. The van der Waals surface area contributed by atoms with E-state index in [1.807, 2.05) is 0 Å². The summed E-state index contributed by atoms with van der Waals surface area (Å²) in [5.41, 5.74) is 1.30. The summed E-state index contributed by atoms with van der Waals surface area (Å²) in [5.74, 6) is -3.98. The van der Waals surface area contributed by atoms with Crippen molar-refractivity contribution in [2.75, 3.05) is 82.0 Å². The first-order valence-electron chi connectivity index (χ1n) is 17.1. The van der Waals surface area contributed by atoms with Gasteiger partial charge in [-0.2, -0.15) is 0 Å². The van der Waals surface area contributed by atoms with Crippen molar-refractivity contribution in [1.29, 1.82) is 0 Å². The topological polar surface area (TPSA) is 223 Å². The maximum atomic E-state index is 11.0. The van der Waals surface area contributed by atoms with Crippen LogP contribution in [0.5, 0.6) is 0 Å². The lowest BCUT2D eigenvalue weighted by Crippen LogP contribution is -2.28. The minimum atomic E-state index is -0.521. The third-order valence-electron chi connectivity index (χ3n) is 5.43. The maximum Gasteiger partial charge on any atom is 0.334 e. The van der Waals surface area contributed by atoms with Crippen molar-refractivity contribution in [3.05, 3.63) is 99.2 Å². The average Bonchev–Trinajstić information content (AvgIpc) is 3.22. The molecule has 0 aliphatic carbocycles. The largest absolute Gasteiger partial charge is 0.446 e. The second-order valence-corrected chi connectivity index (χ2v) is 12.0. The van der Waals surface area contributed by atoms with E-state index in [0.717, 1.165) is 24.3 Å². The molecule has 0 radical (unpaired) electrons. The summed E-state index contributed by atoms with van der Waals surface area (Å²) >= 11 is 0. The third kappa shape index (κ3) is 49.9. The lowest BCUT2D eigenvalue weighted by molar-refractivity contribution is -0.152. The molecule has 0 aliphatic heterocycles. The molecule has 0 aromatic heterocycles. The minimum absolute atomic E-state index is 0. The molecule has 0 amide bonds. The van der Waals surface area contributed by atoms with Gasteiger partial charge in [0.05, 0.1) is 0 Å². The van der Waals surface area contributed by atoms with E-state index in [2.05, 4.69) is 71.6 Å². The van der Waals surface area contributed by atoms with Crippen molar-refractivity contribution in [2.24, 2.45) is 0 Å². The Kier molecular flexibility index (Phi) is 53.9. The number of ether oxygens (including phenoxy) is 8. The van der Waals surface area contributed by atoms with E-state index in [9.17, 15) is 38.4 Å². The van der Waals surface area contributed by atoms with E-state index < -0.39 is 47.8 Å². The van der Waals surface area contributed by atoms with Gasteiger partial charge < -0.3 is 37.9 Å². The summed E-state index contributed by atoms with van der Waals surface area (Å²) in [4.78, 5) is 92.6. The van der Waals surface area contributed by atoms with Crippen molar-refractivity contribution in [1.82, 2.24) is 19.6 Å². The van der Waals surface area contributed by atoms with Crippen LogP contribution in [-0.2, 0) is 76.3 Å². The quantitative estimate of drug-likeness (QED) is 0.0520. The van der Waals surface area contributed by atoms with Gasteiger partial charge in [0, 0.05) is 46.6 Å². The molecule has 0 aromatic rings. The molecule has 0 aromatic carbocycles. The molecule has 20 heteroatoms. The van der Waals surface area contributed by atoms with E-state index in [0.29, 0.717) is 22.3 Å². The van der Waals surface area contributed by atoms with Crippen LogP contribution in [0.4, 0.5) is 0 Å². The number of rotatable bonds is 24. The molecule has 0 saturated heterocycles. The van der Waals surface area contributed by atoms with Crippen LogP contribution >= 0.6 is 0 Å². The van der Waals surface area contributed by atoms with Gasteiger partial charge >= 0.3 is 47.8 Å². The summed E-state index contributed by atoms with van der Waals surface area (Å²) in [7, 11) is 6.56. The van der Waals surface area contributed by atoms with Gasteiger partial charge in [-0.1, -0.05) is 82.3 Å². The van der Waals surface area contributed by atoms with Gasteiger partial charge in [0.2, 0.25) is 0 Å². The second kappa shape index (κ2) is 46.0. The highest BCUT2D eigenvalue weighted by Gasteiger charge is 2.10. The molecule has 0 heterocycles. The smallest absolute Gasteiger partial charge is 0.334 e. The highest BCUT2D eigenvalue weighted by atomic mass is 16.6. The normalized spacial score (nSPS) is 8.94. The summed E-state index contributed by atoms with van der Waals surface area (Å²) in [6.45, 7) is 33.2. The monoisotopic (exact) mass is 917 g/mol.